The lowest BCUT2D eigenvalue weighted by molar-refractivity contribution is -0.144. The number of carbonyl (C=O) groups excluding carboxylic acids is 3. The molecule has 0 aliphatic heterocycles. The highest BCUT2D eigenvalue weighted by Gasteiger charge is 2.05. The highest BCUT2D eigenvalue weighted by atomic mass is 16.5. The third-order valence-electron chi connectivity index (χ3n) is 2.26. The molecule has 0 fully saturated rings. The second-order valence-corrected chi connectivity index (χ2v) is 3.91. The van der Waals surface area contributed by atoms with Crippen molar-refractivity contribution in [1.29, 1.82) is 0 Å². The topological polar surface area (TPSA) is 93.7 Å². The average Bonchev–Trinajstić information content (AvgIpc) is 2.49. The molecule has 2 amide bonds. The van der Waals surface area contributed by atoms with Crippen LogP contribution in [-0.4, -0.2) is 31.5 Å². The van der Waals surface area contributed by atoms with Crippen LogP contribution in [0, 0.1) is 0 Å². The van der Waals surface area contributed by atoms with Crippen LogP contribution in [0.5, 0.6) is 5.75 Å². The molecule has 0 bridgehead atoms. The van der Waals surface area contributed by atoms with E-state index in [1.165, 1.54) is 26.2 Å². The number of methoxy groups -OCH3 is 1. The Morgan fingerprint density at radius 3 is 2.57 bits per heavy atom. The number of hydrogen-bond donors (Lipinski definition) is 2. The van der Waals surface area contributed by atoms with E-state index < -0.39 is 24.4 Å². The van der Waals surface area contributed by atoms with Crippen molar-refractivity contribution in [3.8, 4) is 5.75 Å². The van der Waals surface area contributed by atoms with E-state index in [0.29, 0.717) is 11.3 Å². The summed E-state index contributed by atoms with van der Waals surface area (Å²) in [4.78, 5) is 33.2. The number of para-hydroxylation sites is 1. The van der Waals surface area contributed by atoms with Crippen LogP contribution in [-0.2, 0) is 19.1 Å². The number of esters is 1. The van der Waals surface area contributed by atoms with Gasteiger partial charge in [-0.05, 0) is 12.1 Å². The Labute approximate surface area is 121 Å². The van der Waals surface area contributed by atoms with E-state index in [-0.39, 0.29) is 0 Å². The van der Waals surface area contributed by atoms with Crippen molar-refractivity contribution in [1.82, 2.24) is 10.9 Å². The fourth-order valence-corrected chi connectivity index (χ4v) is 1.34. The fraction of sp³-hybridized carbons (Fsp3) is 0.214. The van der Waals surface area contributed by atoms with Gasteiger partial charge in [0.05, 0.1) is 7.11 Å². The first-order valence-corrected chi connectivity index (χ1v) is 6.06. The summed E-state index contributed by atoms with van der Waals surface area (Å²) in [6.45, 7) is 0.748. The van der Waals surface area contributed by atoms with Crippen molar-refractivity contribution >= 4 is 23.9 Å². The Hall–Kier alpha value is -2.83. The Morgan fingerprint density at radius 2 is 1.90 bits per heavy atom. The molecule has 2 N–H and O–H groups in total. The Morgan fingerprint density at radius 1 is 1.19 bits per heavy atom. The average molecular weight is 292 g/mol. The monoisotopic (exact) mass is 292 g/mol. The van der Waals surface area contributed by atoms with Crippen molar-refractivity contribution in [2.75, 3.05) is 13.7 Å². The van der Waals surface area contributed by atoms with Gasteiger partial charge in [-0.1, -0.05) is 18.2 Å². The smallest absolute Gasteiger partial charge is 0.331 e. The van der Waals surface area contributed by atoms with Gasteiger partial charge in [0, 0.05) is 18.6 Å². The summed E-state index contributed by atoms with van der Waals surface area (Å²) in [5.41, 5.74) is 4.86. The number of hydrogen-bond acceptors (Lipinski definition) is 5. The van der Waals surface area contributed by atoms with Crippen molar-refractivity contribution in [3.63, 3.8) is 0 Å². The zero-order valence-electron chi connectivity index (χ0n) is 11.7. The molecule has 0 aromatic heterocycles. The predicted octanol–water partition coefficient (Wildman–Crippen LogP) is 0.419. The van der Waals surface area contributed by atoms with Crippen LogP contribution in [0.15, 0.2) is 30.3 Å². The molecule has 21 heavy (non-hydrogen) atoms. The van der Waals surface area contributed by atoms with Gasteiger partial charge in [0.25, 0.3) is 5.91 Å². The van der Waals surface area contributed by atoms with Crippen LogP contribution in [0.4, 0.5) is 0 Å². The zero-order valence-corrected chi connectivity index (χ0v) is 11.7. The third kappa shape index (κ3) is 6.24. The van der Waals surface area contributed by atoms with Crippen LogP contribution in [0.2, 0.25) is 0 Å². The molecule has 1 rings (SSSR count). The summed E-state index contributed by atoms with van der Waals surface area (Å²) in [5.74, 6) is -1.13. The molecular formula is C14H16N2O5. The minimum Gasteiger partial charge on any atom is -0.496 e. The van der Waals surface area contributed by atoms with Crippen LogP contribution in [0.25, 0.3) is 6.08 Å². The predicted molar refractivity (Wildman–Crippen MR) is 74.9 cm³/mol. The summed E-state index contributed by atoms with van der Waals surface area (Å²) in [6, 6.07) is 7.13. The Kier molecular flexibility index (Phi) is 6.46. The number of hydrazine groups is 1. The molecule has 0 aliphatic carbocycles. The van der Waals surface area contributed by atoms with E-state index in [2.05, 4.69) is 10.9 Å². The van der Waals surface area contributed by atoms with Crippen molar-refractivity contribution in [2.45, 2.75) is 6.92 Å². The minimum absolute atomic E-state index is 0.425. The quantitative estimate of drug-likeness (QED) is 0.466. The highest BCUT2D eigenvalue weighted by Crippen LogP contribution is 2.18. The normalized spacial score (nSPS) is 10.0. The van der Waals surface area contributed by atoms with Gasteiger partial charge in [-0.15, -0.1) is 0 Å². The van der Waals surface area contributed by atoms with Crippen LogP contribution >= 0.6 is 0 Å². The van der Waals surface area contributed by atoms with Gasteiger partial charge in [-0.25, -0.2) is 4.79 Å². The van der Waals surface area contributed by atoms with Gasteiger partial charge in [0.1, 0.15) is 5.75 Å². The van der Waals surface area contributed by atoms with Crippen molar-refractivity contribution < 1.29 is 23.9 Å². The molecule has 0 heterocycles. The largest absolute Gasteiger partial charge is 0.496 e. The van der Waals surface area contributed by atoms with E-state index in [1.54, 1.807) is 24.3 Å². The van der Waals surface area contributed by atoms with Gasteiger partial charge < -0.3 is 9.47 Å². The molecule has 112 valence electrons. The minimum atomic E-state index is -0.682. The van der Waals surface area contributed by atoms with Gasteiger partial charge in [0.2, 0.25) is 5.91 Å². The van der Waals surface area contributed by atoms with Crippen LogP contribution in [0.3, 0.4) is 0 Å². The molecule has 0 radical (unpaired) electrons. The first-order chi connectivity index (χ1) is 10.0. The molecule has 7 nitrogen and oxygen atoms in total. The molecule has 7 heteroatoms. The van der Waals surface area contributed by atoms with Gasteiger partial charge in [-0.2, -0.15) is 0 Å². The van der Waals surface area contributed by atoms with E-state index in [9.17, 15) is 14.4 Å². The summed E-state index contributed by atoms with van der Waals surface area (Å²) < 4.78 is 9.82. The fourth-order valence-electron chi connectivity index (χ4n) is 1.34. The zero-order chi connectivity index (χ0) is 15.7. The molecule has 0 saturated heterocycles. The van der Waals surface area contributed by atoms with Gasteiger partial charge >= 0.3 is 5.97 Å². The maximum absolute atomic E-state index is 11.4. The van der Waals surface area contributed by atoms with E-state index in [1.807, 2.05) is 0 Å². The number of nitrogens with one attached hydrogen (secondary N) is 2. The first kappa shape index (κ1) is 16.2. The molecule has 0 atom stereocenters. The van der Waals surface area contributed by atoms with Crippen LogP contribution in [0.1, 0.15) is 12.5 Å². The summed E-state index contributed by atoms with van der Waals surface area (Å²) in [6.07, 6.45) is 2.70. The van der Waals surface area contributed by atoms with Crippen molar-refractivity contribution in [2.24, 2.45) is 0 Å². The number of carbonyl (C=O) groups is 3. The first-order valence-electron chi connectivity index (χ1n) is 6.06. The lowest BCUT2D eigenvalue weighted by Gasteiger charge is -2.05. The molecule has 1 aromatic rings. The highest BCUT2D eigenvalue weighted by molar-refractivity contribution is 5.90. The molecule has 0 unspecified atom stereocenters. The number of benzene rings is 1. The van der Waals surface area contributed by atoms with Gasteiger partial charge in [-0.3, -0.25) is 20.4 Å². The van der Waals surface area contributed by atoms with E-state index in [4.69, 9.17) is 9.47 Å². The van der Waals surface area contributed by atoms with Crippen LogP contribution < -0.4 is 15.6 Å². The van der Waals surface area contributed by atoms with Gasteiger partial charge in [0.15, 0.2) is 6.61 Å². The summed E-state index contributed by atoms with van der Waals surface area (Å²) >= 11 is 0. The molecular weight excluding hydrogens is 276 g/mol. The maximum Gasteiger partial charge on any atom is 0.331 e. The molecule has 0 aliphatic rings. The standard InChI is InChI=1S/C14H16N2O5/c1-10(17)15-16-13(18)9-21-14(19)8-7-11-5-3-4-6-12(11)20-2/h3-8H,9H2,1-2H3,(H,15,17)(H,16,18)/b8-7+. The maximum atomic E-state index is 11.4. The number of amides is 2. The molecule has 0 spiro atoms. The Balaban J connectivity index is 2.44. The third-order valence-corrected chi connectivity index (χ3v) is 2.26. The SMILES string of the molecule is COc1ccccc1/C=C/C(=O)OCC(=O)NNC(C)=O. The lowest BCUT2D eigenvalue weighted by Crippen LogP contribution is -2.42. The second-order valence-electron chi connectivity index (χ2n) is 3.91. The van der Waals surface area contributed by atoms with Crippen molar-refractivity contribution in [3.05, 3.63) is 35.9 Å². The van der Waals surface area contributed by atoms with E-state index >= 15 is 0 Å². The lowest BCUT2D eigenvalue weighted by atomic mass is 10.2. The second kappa shape index (κ2) is 8.36. The summed E-state index contributed by atoms with van der Waals surface area (Å²) in [7, 11) is 1.53. The summed E-state index contributed by atoms with van der Waals surface area (Å²) in [5, 5.41) is 0. The Bertz CT molecular complexity index is 554. The molecule has 1 aromatic carbocycles. The number of ether oxygens (including phenoxy) is 2. The van der Waals surface area contributed by atoms with E-state index in [0.717, 1.165) is 0 Å². The molecule has 0 saturated carbocycles. The number of rotatable bonds is 5.